The van der Waals surface area contributed by atoms with E-state index in [2.05, 4.69) is 21.9 Å². The number of piperidine rings is 1. The fourth-order valence-corrected chi connectivity index (χ4v) is 4.64. The van der Waals surface area contributed by atoms with Crippen molar-refractivity contribution in [2.24, 2.45) is 0 Å². The Morgan fingerprint density at radius 3 is 2.30 bits per heavy atom. The van der Waals surface area contributed by atoms with Gasteiger partial charge >= 0.3 is 6.03 Å². The summed E-state index contributed by atoms with van der Waals surface area (Å²) in [6.45, 7) is 10.6. The third-order valence-corrected chi connectivity index (χ3v) is 7.89. The Bertz CT molecular complexity index is 828. The molecular weight excluding hydrogens is 404 g/mol. The molecule has 0 saturated carbocycles. The van der Waals surface area contributed by atoms with E-state index in [0.29, 0.717) is 25.9 Å². The summed E-state index contributed by atoms with van der Waals surface area (Å²) in [5.74, 6) is 0. The molecule has 0 spiro atoms. The minimum atomic E-state index is -3.38. The largest absolute Gasteiger partial charge is 0.375 e. The second-order valence-electron chi connectivity index (χ2n) is 9.10. The highest BCUT2D eigenvalue weighted by atomic mass is 32.2. The average molecular weight is 439 g/mol. The second-order valence-corrected chi connectivity index (χ2v) is 11.6. The van der Waals surface area contributed by atoms with Crippen LogP contribution in [0.2, 0.25) is 0 Å². The third kappa shape index (κ3) is 5.65. The molecular formula is C21H34N4O4S. The molecule has 0 unspecified atom stereocenters. The van der Waals surface area contributed by atoms with Crippen molar-refractivity contribution in [2.75, 3.05) is 43.0 Å². The van der Waals surface area contributed by atoms with Crippen molar-refractivity contribution in [2.45, 2.75) is 57.4 Å². The van der Waals surface area contributed by atoms with Gasteiger partial charge in [0.25, 0.3) is 0 Å². The van der Waals surface area contributed by atoms with E-state index in [0.717, 1.165) is 31.1 Å². The number of likely N-dealkylation sites (tertiary alicyclic amines) is 1. The van der Waals surface area contributed by atoms with Crippen molar-refractivity contribution in [1.82, 2.24) is 9.62 Å². The molecule has 2 amide bonds. The van der Waals surface area contributed by atoms with E-state index in [-0.39, 0.29) is 18.2 Å². The highest BCUT2D eigenvalue weighted by molar-refractivity contribution is 7.90. The summed E-state index contributed by atoms with van der Waals surface area (Å²) in [4.78, 5) is 16.6. The Morgan fingerprint density at radius 1 is 1.10 bits per heavy atom. The molecule has 1 aromatic carbocycles. The van der Waals surface area contributed by atoms with Crippen LogP contribution in [0.5, 0.6) is 0 Å². The zero-order chi connectivity index (χ0) is 21.9. The van der Waals surface area contributed by atoms with E-state index in [1.165, 1.54) is 0 Å². The molecule has 1 aromatic rings. The maximum Gasteiger partial charge on any atom is 0.321 e. The zero-order valence-electron chi connectivity index (χ0n) is 18.3. The van der Waals surface area contributed by atoms with Crippen molar-refractivity contribution in [1.29, 1.82) is 0 Å². The molecule has 2 fully saturated rings. The SMILES string of the molecule is C[C@@H]1CN(c2ccc(NC(=O)N3CCC(NS(=O)(=O)C(C)(C)C)CC3)cc2)CCO1. The van der Waals surface area contributed by atoms with Crippen LogP contribution in [-0.4, -0.2) is 69.0 Å². The highest BCUT2D eigenvalue weighted by Gasteiger charge is 2.33. The molecule has 3 rings (SSSR count). The molecule has 2 aliphatic heterocycles. The Labute approximate surface area is 180 Å². The number of carbonyl (C=O) groups excluding carboxylic acids is 1. The summed E-state index contributed by atoms with van der Waals surface area (Å²) in [5, 5.41) is 2.94. The van der Waals surface area contributed by atoms with Crippen LogP contribution in [0.4, 0.5) is 16.2 Å². The number of hydrogen-bond donors (Lipinski definition) is 2. The van der Waals surface area contributed by atoms with E-state index in [4.69, 9.17) is 4.74 Å². The first-order valence-corrected chi connectivity index (χ1v) is 12.1. The summed E-state index contributed by atoms with van der Waals surface area (Å²) in [6, 6.07) is 7.57. The number of carbonyl (C=O) groups is 1. The van der Waals surface area contributed by atoms with Crippen molar-refractivity contribution >= 4 is 27.4 Å². The van der Waals surface area contributed by atoms with Crippen LogP contribution in [0.3, 0.4) is 0 Å². The third-order valence-electron chi connectivity index (χ3n) is 5.63. The number of anilines is 2. The fraction of sp³-hybridized carbons (Fsp3) is 0.667. The zero-order valence-corrected chi connectivity index (χ0v) is 19.2. The van der Waals surface area contributed by atoms with Gasteiger partial charge in [-0.2, -0.15) is 0 Å². The lowest BCUT2D eigenvalue weighted by molar-refractivity contribution is 0.0532. The summed E-state index contributed by atoms with van der Waals surface area (Å²) in [6.07, 6.45) is 1.43. The molecule has 0 radical (unpaired) electrons. The van der Waals surface area contributed by atoms with Crippen LogP contribution in [0.1, 0.15) is 40.5 Å². The quantitative estimate of drug-likeness (QED) is 0.754. The van der Waals surface area contributed by atoms with Gasteiger partial charge in [0.2, 0.25) is 10.0 Å². The van der Waals surface area contributed by atoms with Gasteiger partial charge < -0.3 is 19.9 Å². The first-order valence-electron chi connectivity index (χ1n) is 10.6. The summed E-state index contributed by atoms with van der Waals surface area (Å²) < 4.78 is 32.2. The van der Waals surface area contributed by atoms with Gasteiger partial charge in [0.15, 0.2) is 0 Å². The van der Waals surface area contributed by atoms with Gasteiger partial charge in [-0.05, 0) is 64.8 Å². The van der Waals surface area contributed by atoms with Crippen molar-refractivity contribution in [3.8, 4) is 0 Å². The van der Waals surface area contributed by atoms with Crippen LogP contribution in [0.15, 0.2) is 24.3 Å². The maximum absolute atomic E-state index is 12.6. The molecule has 2 saturated heterocycles. The number of amides is 2. The van der Waals surface area contributed by atoms with E-state index in [9.17, 15) is 13.2 Å². The normalized spacial score (nSPS) is 21.5. The number of hydrogen-bond acceptors (Lipinski definition) is 5. The van der Waals surface area contributed by atoms with Crippen molar-refractivity contribution < 1.29 is 17.9 Å². The molecule has 1 atom stereocenters. The van der Waals surface area contributed by atoms with Crippen molar-refractivity contribution in [3.05, 3.63) is 24.3 Å². The average Bonchev–Trinajstić information content (AvgIpc) is 2.68. The summed E-state index contributed by atoms with van der Waals surface area (Å²) >= 11 is 0. The molecule has 0 aromatic heterocycles. The molecule has 8 nitrogen and oxygen atoms in total. The predicted molar refractivity (Wildman–Crippen MR) is 119 cm³/mol. The van der Waals surface area contributed by atoms with Gasteiger partial charge in [-0.3, -0.25) is 0 Å². The van der Waals surface area contributed by atoms with Gasteiger partial charge in [-0.25, -0.2) is 17.9 Å². The van der Waals surface area contributed by atoms with E-state index in [1.54, 1.807) is 25.7 Å². The minimum Gasteiger partial charge on any atom is -0.375 e. The lowest BCUT2D eigenvalue weighted by Crippen LogP contribution is -2.50. The molecule has 9 heteroatoms. The van der Waals surface area contributed by atoms with E-state index >= 15 is 0 Å². The molecule has 2 heterocycles. The molecule has 30 heavy (non-hydrogen) atoms. The smallest absolute Gasteiger partial charge is 0.321 e. The number of urea groups is 1. The number of benzene rings is 1. The van der Waals surface area contributed by atoms with Crippen LogP contribution in [0.25, 0.3) is 0 Å². The van der Waals surface area contributed by atoms with Gasteiger partial charge in [0.1, 0.15) is 0 Å². The molecule has 168 valence electrons. The summed E-state index contributed by atoms with van der Waals surface area (Å²) in [5.41, 5.74) is 1.87. The van der Waals surface area contributed by atoms with Crippen molar-refractivity contribution in [3.63, 3.8) is 0 Å². The van der Waals surface area contributed by atoms with Gasteiger partial charge in [-0.15, -0.1) is 0 Å². The van der Waals surface area contributed by atoms with Crippen LogP contribution < -0.4 is 14.9 Å². The van der Waals surface area contributed by atoms with Gasteiger partial charge in [0.05, 0.1) is 17.5 Å². The summed E-state index contributed by atoms with van der Waals surface area (Å²) in [7, 11) is -3.38. The number of morpholine rings is 1. The number of nitrogens with one attached hydrogen (secondary N) is 2. The Balaban J connectivity index is 1.49. The number of nitrogens with zero attached hydrogens (tertiary/aromatic N) is 2. The molecule has 0 aliphatic carbocycles. The number of ether oxygens (including phenoxy) is 1. The standard InChI is InChI=1S/C21H34N4O4S/c1-16-15-25(13-14-29-16)19-7-5-17(6-8-19)22-20(26)24-11-9-18(10-12-24)23-30(27,28)21(2,3)4/h5-8,16,18,23H,9-15H2,1-4H3,(H,22,26)/t16-/m1/s1. The second kappa shape index (κ2) is 9.11. The molecule has 2 N–H and O–H groups in total. The van der Waals surface area contributed by atoms with Crippen LogP contribution in [0, 0.1) is 0 Å². The van der Waals surface area contributed by atoms with Gasteiger partial charge in [0, 0.05) is 43.6 Å². The first kappa shape index (κ1) is 22.8. The predicted octanol–water partition coefficient (Wildman–Crippen LogP) is 2.63. The Hall–Kier alpha value is -1.84. The monoisotopic (exact) mass is 438 g/mol. The maximum atomic E-state index is 12.6. The Kier molecular flexibility index (Phi) is 6.94. The molecule has 2 aliphatic rings. The van der Waals surface area contributed by atoms with Gasteiger partial charge in [-0.1, -0.05) is 0 Å². The highest BCUT2D eigenvalue weighted by Crippen LogP contribution is 2.22. The number of rotatable bonds is 4. The van der Waals surface area contributed by atoms with E-state index < -0.39 is 14.8 Å². The lowest BCUT2D eigenvalue weighted by Gasteiger charge is -2.34. The van der Waals surface area contributed by atoms with Crippen LogP contribution >= 0.6 is 0 Å². The molecule has 0 bridgehead atoms. The van der Waals surface area contributed by atoms with E-state index in [1.807, 2.05) is 24.3 Å². The minimum absolute atomic E-state index is 0.131. The van der Waals surface area contributed by atoms with Crippen LogP contribution in [-0.2, 0) is 14.8 Å². The fourth-order valence-electron chi connectivity index (χ4n) is 3.61. The Morgan fingerprint density at radius 2 is 1.73 bits per heavy atom. The first-order chi connectivity index (χ1) is 14.0. The topological polar surface area (TPSA) is 91.0 Å². The number of sulfonamides is 1. The lowest BCUT2D eigenvalue weighted by atomic mass is 10.1.